The minimum absolute atomic E-state index is 0.145. The number of aromatic hydroxyl groups is 2. The molecule has 3 aromatic carbocycles. The van der Waals surface area contributed by atoms with E-state index in [4.69, 9.17) is 9.47 Å². The molecule has 0 aromatic heterocycles. The molecule has 1 spiro atoms. The third-order valence-electron chi connectivity index (χ3n) is 8.28. The van der Waals surface area contributed by atoms with Crippen LogP contribution in [-0.2, 0) is 32.8 Å². The lowest BCUT2D eigenvalue weighted by molar-refractivity contribution is -0.142. The zero-order chi connectivity index (χ0) is 28.2. The molecule has 10 nitrogen and oxygen atoms in total. The normalized spacial score (nSPS) is 24.8. The van der Waals surface area contributed by atoms with Gasteiger partial charge in [0.25, 0.3) is 0 Å². The van der Waals surface area contributed by atoms with E-state index >= 15 is 0 Å². The van der Waals surface area contributed by atoms with Crippen molar-refractivity contribution in [1.29, 1.82) is 0 Å². The van der Waals surface area contributed by atoms with Crippen molar-refractivity contribution in [1.82, 2.24) is 10.2 Å². The number of rotatable bonds is 7. The number of ether oxygens (including phenoxy) is 2. The van der Waals surface area contributed by atoms with Gasteiger partial charge >= 0.3 is 0 Å². The zero-order valence-electron chi connectivity index (χ0n) is 22.0. The summed E-state index contributed by atoms with van der Waals surface area (Å²) in [6.45, 7) is 0.145. The van der Waals surface area contributed by atoms with Crippen LogP contribution in [0.5, 0.6) is 23.0 Å². The number of nitrogens with one attached hydrogen (secondary N) is 2. The number of nitrogens with zero attached hydrogens (tertiary/aromatic N) is 1. The van der Waals surface area contributed by atoms with Gasteiger partial charge in [0.05, 0.1) is 26.1 Å². The summed E-state index contributed by atoms with van der Waals surface area (Å²) < 4.78 is 10.7. The average molecular weight is 544 g/mol. The van der Waals surface area contributed by atoms with Gasteiger partial charge in [-0.1, -0.05) is 30.3 Å². The van der Waals surface area contributed by atoms with Gasteiger partial charge in [-0.15, -0.1) is 0 Å². The van der Waals surface area contributed by atoms with E-state index in [0.29, 0.717) is 34.7 Å². The zero-order valence-corrected chi connectivity index (χ0v) is 22.0. The Bertz CT molecular complexity index is 1540. The molecule has 10 heteroatoms. The summed E-state index contributed by atoms with van der Waals surface area (Å²) in [6, 6.07) is 16.5. The number of anilines is 1. The number of hydrogen-bond acceptors (Lipinski definition) is 8. The van der Waals surface area contributed by atoms with E-state index in [1.54, 1.807) is 50.6 Å². The molecule has 3 heterocycles. The second-order valence-electron chi connectivity index (χ2n) is 10.4. The van der Waals surface area contributed by atoms with Crippen LogP contribution in [0.4, 0.5) is 5.69 Å². The number of phenolic OH excluding ortho intramolecular Hbond substituents is 2. The molecule has 0 bridgehead atoms. The standard InChI is InChI=1S/C30H29N3O7/c1-39-23-10-8-16(15-24(23)40-2)11-12-33-27(36)25-20(13-17-7-9-21(34)22(35)14-17)32-30(26(25)28(33)37)18-5-3-4-6-19(18)31-29(30)38/h3-10,14-15,20,25-26,32,34-35H,11-13H2,1-2H3,(H,31,38)/t20-,25-,26+,30+/m1/s1. The van der Waals surface area contributed by atoms with Gasteiger partial charge in [0.15, 0.2) is 23.0 Å². The fourth-order valence-corrected chi connectivity index (χ4v) is 6.44. The maximum Gasteiger partial charge on any atom is 0.250 e. The van der Waals surface area contributed by atoms with Gasteiger partial charge in [-0.05, 0) is 54.3 Å². The Hall–Kier alpha value is -4.57. The van der Waals surface area contributed by atoms with Gasteiger partial charge in [0.1, 0.15) is 5.54 Å². The first kappa shape index (κ1) is 25.7. The van der Waals surface area contributed by atoms with Gasteiger partial charge in [0.2, 0.25) is 17.7 Å². The number of carbonyl (C=O) groups excluding carboxylic acids is 3. The molecule has 6 rings (SSSR count). The topological polar surface area (TPSA) is 137 Å². The lowest BCUT2D eigenvalue weighted by atomic mass is 9.76. The number of para-hydroxylation sites is 1. The van der Waals surface area contributed by atoms with Gasteiger partial charge in [-0.3, -0.25) is 24.6 Å². The Labute approximate surface area is 230 Å². The second kappa shape index (κ2) is 9.56. The van der Waals surface area contributed by atoms with Crippen LogP contribution >= 0.6 is 0 Å². The number of amides is 3. The maximum absolute atomic E-state index is 14.0. The minimum atomic E-state index is -1.41. The van der Waals surface area contributed by atoms with Crippen molar-refractivity contribution in [3.63, 3.8) is 0 Å². The van der Waals surface area contributed by atoms with Crippen molar-refractivity contribution in [2.75, 3.05) is 26.1 Å². The Morgan fingerprint density at radius 2 is 1.62 bits per heavy atom. The number of hydrogen-bond donors (Lipinski definition) is 4. The third kappa shape index (κ3) is 3.78. The number of imide groups is 1. The number of carbonyl (C=O) groups is 3. The van der Waals surface area contributed by atoms with Gasteiger partial charge in [-0.25, -0.2) is 0 Å². The average Bonchev–Trinajstić information content (AvgIpc) is 3.53. The van der Waals surface area contributed by atoms with E-state index in [2.05, 4.69) is 10.6 Å². The van der Waals surface area contributed by atoms with E-state index in [0.717, 1.165) is 5.56 Å². The highest BCUT2D eigenvalue weighted by molar-refractivity contribution is 6.15. The first-order valence-electron chi connectivity index (χ1n) is 13.0. The highest BCUT2D eigenvalue weighted by Crippen LogP contribution is 2.53. The van der Waals surface area contributed by atoms with Crippen LogP contribution in [0, 0.1) is 11.8 Å². The number of fused-ring (bicyclic) bond motifs is 4. The van der Waals surface area contributed by atoms with Crippen LogP contribution in [0.1, 0.15) is 16.7 Å². The first-order valence-corrected chi connectivity index (χ1v) is 13.0. The van der Waals surface area contributed by atoms with Crippen molar-refractivity contribution >= 4 is 23.4 Å². The third-order valence-corrected chi connectivity index (χ3v) is 8.28. The molecule has 3 aliphatic heterocycles. The number of benzene rings is 3. The summed E-state index contributed by atoms with van der Waals surface area (Å²) in [5.41, 5.74) is 1.34. The van der Waals surface area contributed by atoms with Crippen LogP contribution in [0.15, 0.2) is 60.7 Å². The molecule has 40 heavy (non-hydrogen) atoms. The lowest BCUT2D eigenvalue weighted by Crippen LogP contribution is -2.53. The van der Waals surface area contributed by atoms with Crippen LogP contribution in [0.2, 0.25) is 0 Å². The van der Waals surface area contributed by atoms with E-state index in [-0.39, 0.29) is 36.3 Å². The first-order chi connectivity index (χ1) is 19.3. The van der Waals surface area contributed by atoms with Crippen LogP contribution in [0.25, 0.3) is 0 Å². The largest absolute Gasteiger partial charge is 0.504 e. The van der Waals surface area contributed by atoms with Crippen molar-refractivity contribution in [3.05, 3.63) is 77.4 Å². The molecular formula is C30H29N3O7. The number of likely N-dealkylation sites (tertiary alicyclic amines) is 1. The van der Waals surface area contributed by atoms with E-state index in [9.17, 15) is 24.6 Å². The quantitative estimate of drug-likeness (QED) is 0.263. The summed E-state index contributed by atoms with van der Waals surface area (Å²) in [5.74, 6) is -2.26. The highest BCUT2D eigenvalue weighted by atomic mass is 16.5. The van der Waals surface area contributed by atoms with Gasteiger partial charge in [-0.2, -0.15) is 0 Å². The summed E-state index contributed by atoms with van der Waals surface area (Å²) in [6.07, 6.45) is 0.658. The van der Waals surface area contributed by atoms with E-state index in [1.807, 2.05) is 12.1 Å². The smallest absolute Gasteiger partial charge is 0.250 e. The molecule has 4 N–H and O–H groups in total. The summed E-state index contributed by atoms with van der Waals surface area (Å²) >= 11 is 0. The fraction of sp³-hybridized carbons (Fsp3) is 0.300. The number of methoxy groups -OCH3 is 2. The fourth-order valence-electron chi connectivity index (χ4n) is 6.44. The Balaban J connectivity index is 1.35. The molecule has 3 aromatic rings. The minimum Gasteiger partial charge on any atom is -0.504 e. The Kier molecular flexibility index (Phi) is 6.14. The van der Waals surface area contributed by atoms with Crippen molar-refractivity contribution < 1.29 is 34.1 Å². The molecule has 3 amide bonds. The van der Waals surface area contributed by atoms with Crippen LogP contribution in [-0.4, -0.2) is 59.6 Å². The molecular weight excluding hydrogens is 514 g/mol. The molecule has 0 aliphatic carbocycles. The molecule has 2 saturated heterocycles. The van der Waals surface area contributed by atoms with Crippen molar-refractivity contribution in [3.8, 4) is 23.0 Å². The molecule has 0 saturated carbocycles. The summed E-state index contributed by atoms with van der Waals surface area (Å²) in [5, 5.41) is 26.1. The van der Waals surface area contributed by atoms with Gasteiger partial charge in [0, 0.05) is 23.8 Å². The highest BCUT2D eigenvalue weighted by Gasteiger charge is 2.70. The van der Waals surface area contributed by atoms with Gasteiger partial charge < -0.3 is 25.0 Å². The number of phenols is 2. The van der Waals surface area contributed by atoms with Crippen LogP contribution in [0.3, 0.4) is 0 Å². The lowest BCUT2D eigenvalue weighted by Gasteiger charge is -2.29. The van der Waals surface area contributed by atoms with Crippen molar-refractivity contribution in [2.24, 2.45) is 11.8 Å². The molecule has 206 valence electrons. The van der Waals surface area contributed by atoms with E-state index in [1.165, 1.54) is 17.0 Å². The second-order valence-corrected chi connectivity index (χ2v) is 10.4. The molecule has 0 radical (unpaired) electrons. The molecule has 4 atom stereocenters. The van der Waals surface area contributed by atoms with Crippen LogP contribution < -0.4 is 20.1 Å². The molecule has 3 aliphatic rings. The Morgan fingerprint density at radius 3 is 2.38 bits per heavy atom. The predicted octanol–water partition coefficient (Wildman–Crippen LogP) is 2.32. The summed E-state index contributed by atoms with van der Waals surface area (Å²) in [4.78, 5) is 42.8. The molecule has 0 unspecified atom stereocenters. The predicted molar refractivity (Wildman–Crippen MR) is 144 cm³/mol. The monoisotopic (exact) mass is 543 g/mol. The molecule has 2 fully saturated rings. The maximum atomic E-state index is 14.0. The van der Waals surface area contributed by atoms with E-state index < -0.39 is 29.3 Å². The Morgan fingerprint density at radius 1 is 0.875 bits per heavy atom. The summed E-state index contributed by atoms with van der Waals surface area (Å²) in [7, 11) is 3.09. The van der Waals surface area contributed by atoms with Crippen molar-refractivity contribution in [2.45, 2.75) is 24.4 Å². The SMILES string of the molecule is COc1ccc(CCN2C(=O)[C@H]3[C@@H](C2=O)[C@]2(N[C@@H]3Cc3ccc(O)c(O)c3)C(=O)Nc3ccccc32)cc1OC.